The topological polar surface area (TPSA) is 18.5 Å². The van der Waals surface area contributed by atoms with Gasteiger partial charge in [0.2, 0.25) is 0 Å². The molecule has 0 saturated carbocycles. The van der Waals surface area contributed by atoms with E-state index in [0.29, 0.717) is 0 Å². The Morgan fingerprint density at radius 2 is 1.78 bits per heavy atom. The molecule has 1 aliphatic rings. The Morgan fingerprint density at radius 1 is 1.22 bits per heavy atom. The molecule has 1 saturated heterocycles. The molecule has 0 unspecified atom stereocenters. The maximum atomic E-state index is 3.10. The van der Waals surface area contributed by atoms with Gasteiger partial charge in [0, 0.05) is 49.0 Å². The van der Waals surface area contributed by atoms with E-state index >= 15 is 0 Å². The van der Waals surface area contributed by atoms with Crippen LogP contribution in [0.15, 0.2) is 0 Å². The number of nitrogens with one attached hydrogen (secondary N) is 1. The van der Waals surface area contributed by atoms with Crippen molar-refractivity contribution >= 4 is 22.9 Å². The monoisotopic (exact) mass is 241 g/mol. The van der Waals surface area contributed by atoms with Gasteiger partial charge in [0.1, 0.15) is 0 Å². The highest BCUT2D eigenvalue weighted by molar-refractivity contribution is 14.1. The molecule has 0 spiro atoms. The van der Waals surface area contributed by atoms with E-state index in [9.17, 15) is 0 Å². The van der Waals surface area contributed by atoms with Crippen molar-refractivity contribution in [3.05, 3.63) is 0 Å². The van der Waals surface area contributed by atoms with Crippen molar-refractivity contribution in [1.82, 2.24) is 13.5 Å². The third kappa shape index (κ3) is 2.37. The van der Waals surface area contributed by atoms with Crippen molar-refractivity contribution < 1.29 is 0 Å². The highest BCUT2D eigenvalue weighted by Gasteiger charge is 2.11. The Morgan fingerprint density at radius 3 is 2.22 bits per heavy atom. The normalized spacial score (nSPS) is 24.7. The van der Waals surface area contributed by atoms with E-state index < -0.39 is 0 Å². The van der Waals surface area contributed by atoms with Crippen LogP contribution in [0.2, 0.25) is 0 Å². The summed E-state index contributed by atoms with van der Waals surface area (Å²) in [6, 6.07) is 0. The minimum Gasteiger partial charge on any atom is -0.304 e. The van der Waals surface area contributed by atoms with E-state index in [0.717, 1.165) is 13.1 Å². The number of likely N-dealkylation sites (N-methyl/N-ethyl adjacent to an activating group) is 1. The number of hydrogen-bond donors (Lipinski definition) is 1. The van der Waals surface area contributed by atoms with Gasteiger partial charge in [-0.15, -0.1) is 0 Å². The summed E-state index contributed by atoms with van der Waals surface area (Å²) in [4.78, 5) is 2.34. The van der Waals surface area contributed by atoms with Crippen LogP contribution >= 0.6 is 22.9 Å². The van der Waals surface area contributed by atoms with Gasteiger partial charge in [0.25, 0.3) is 0 Å². The van der Waals surface area contributed by atoms with Crippen molar-refractivity contribution in [1.29, 1.82) is 0 Å². The van der Waals surface area contributed by atoms with Gasteiger partial charge in [-0.05, 0) is 7.05 Å². The first-order chi connectivity index (χ1) is 4.33. The van der Waals surface area contributed by atoms with Crippen LogP contribution in [-0.4, -0.2) is 43.1 Å². The van der Waals surface area contributed by atoms with Crippen molar-refractivity contribution in [3.63, 3.8) is 0 Å². The number of rotatable bonds is 1. The third-order valence-electron chi connectivity index (χ3n) is 1.62. The first kappa shape index (κ1) is 7.71. The standard InChI is InChI=1S/C5H12IN3/c1-8-2-4-9(7-6)5-3-8/h7H,2-5H2,1H3. The summed E-state index contributed by atoms with van der Waals surface area (Å²) in [6.45, 7) is 4.63. The summed E-state index contributed by atoms with van der Waals surface area (Å²) in [5.41, 5.74) is 0. The smallest absolute Gasteiger partial charge is 0.0336 e. The first-order valence-electron chi connectivity index (χ1n) is 3.12. The Hall–Kier alpha value is 0.610. The molecule has 3 nitrogen and oxygen atoms in total. The molecule has 0 bridgehead atoms. The molecule has 9 heavy (non-hydrogen) atoms. The van der Waals surface area contributed by atoms with Gasteiger partial charge in [-0.3, -0.25) is 0 Å². The number of nitrogens with zero attached hydrogens (tertiary/aromatic N) is 2. The first-order valence-corrected chi connectivity index (χ1v) is 4.20. The number of hydrazine groups is 1. The second-order valence-corrected chi connectivity index (χ2v) is 2.86. The summed E-state index contributed by atoms with van der Waals surface area (Å²) in [7, 11) is 2.16. The molecule has 0 aromatic heterocycles. The van der Waals surface area contributed by atoms with Crippen LogP contribution < -0.4 is 3.64 Å². The zero-order valence-corrected chi connectivity index (χ0v) is 7.76. The molecule has 4 heteroatoms. The van der Waals surface area contributed by atoms with Gasteiger partial charge in [0.05, 0.1) is 0 Å². The van der Waals surface area contributed by atoms with E-state index in [1.165, 1.54) is 13.1 Å². The highest BCUT2D eigenvalue weighted by atomic mass is 127. The molecule has 1 aliphatic heterocycles. The number of halogens is 1. The molecular weight excluding hydrogens is 229 g/mol. The molecular formula is C5H12IN3. The summed E-state index contributed by atoms with van der Waals surface area (Å²) >= 11 is 2.17. The van der Waals surface area contributed by atoms with Gasteiger partial charge in [0.15, 0.2) is 0 Å². The molecule has 1 heterocycles. The van der Waals surface area contributed by atoms with Crippen molar-refractivity contribution in [2.24, 2.45) is 0 Å². The molecule has 0 aromatic carbocycles. The Bertz CT molecular complexity index is 80.3. The number of piperazine rings is 1. The van der Waals surface area contributed by atoms with E-state index in [2.05, 4.69) is 43.5 Å². The zero-order valence-electron chi connectivity index (χ0n) is 5.60. The predicted molar refractivity (Wildman–Crippen MR) is 46.2 cm³/mol. The van der Waals surface area contributed by atoms with Crippen molar-refractivity contribution in [2.45, 2.75) is 0 Å². The quantitative estimate of drug-likeness (QED) is 0.518. The molecule has 0 amide bonds. The lowest BCUT2D eigenvalue weighted by Gasteiger charge is -2.30. The van der Waals surface area contributed by atoms with E-state index in [1.54, 1.807) is 0 Å². The van der Waals surface area contributed by atoms with Crippen LogP contribution in [0.4, 0.5) is 0 Å². The lowest BCUT2D eigenvalue weighted by molar-refractivity contribution is 0.145. The van der Waals surface area contributed by atoms with Crippen LogP contribution in [0.3, 0.4) is 0 Å². The Balaban J connectivity index is 2.18. The Labute approximate surface area is 69.9 Å². The lowest BCUT2D eigenvalue weighted by Crippen LogP contribution is -2.47. The Kier molecular flexibility index (Phi) is 3.17. The maximum Gasteiger partial charge on any atom is 0.0336 e. The van der Waals surface area contributed by atoms with Crippen molar-refractivity contribution in [3.8, 4) is 0 Å². The summed E-state index contributed by atoms with van der Waals surface area (Å²) in [6.07, 6.45) is 0. The molecule has 0 atom stereocenters. The molecule has 1 fully saturated rings. The molecule has 1 rings (SSSR count). The molecule has 1 N–H and O–H groups in total. The maximum absolute atomic E-state index is 3.10. The fraction of sp³-hybridized carbons (Fsp3) is 1.00. The van der Waals surface area contributed by atoms with Gasteiger partial charge in [-0.2, -0.15) is 3.64 Å². The summed E-state index contributed by atoms with van der Waals surface area (Å²) in [5.74, 6) is 0. The van der Waals surface area contributed by atoms with Gasteiger partial charge in [-0.1, -0.05) is 0 Å². The second kappa shape index (κ2) is 3.70. The SMILES string of the molecule is CN1CCN(NI)CC1. The third-order valence-corrected chi connectivity index (χ3v) is 2.31. The van der Waals surface area contributed by atoms with Crippen LogP contribution in [0, 0.1) is 0 Å². The van der Waals surface area contributed by atoms with Gasteiger partial charge >= 0.3 is 0 Å². The molecule has 0 aromatic rings. The number of hydrogen-bond acceptors (Lipinski definition) is 3. The van der Waals surface area contributed by atoms with Crippen LogP contribution in [0.1, 0.15) is 0 Å². The van der Waals surface area contributed by atoms with Crippen LogP contribution in [0.25, 0.3) is 0 Å². The lowest BCUT2D eigenvalue weighted by atomic mass is 10.4. The van der Waals surface area contributed by atoms with Crippen LogP contribution in [-0.2, 0) is 0 Å². The van der Waals surface area contributed by atoms with Gasteiger partial charge < -0.3 is 4.90 Å². The van der Waals surface area contributed by atoms with Crippen molar-refractivity contribution in [2.75, 3.05) is 33.2 Å². The van der Waals surface area contributed by atoms with E-state index in [4.69, 9.17) is 0 Å². The predicted octanol–water partition coefficient (Wildman–Crippen LogP) is 0.0884. The second-order valence-electron chi connectivity index (χ2n) is 2.37. The summed E-state index contributed by atoms with van der Waals surface area (Å²) < 4.78 is 3.10. The fourth-order valence-corrected chi connectivity index (χ4v) is 1.37. The average Bonchev–Trinajstić information content (AvgIpc) is 1.90. The fourth-order valence-electron chi connectivity index (χ4n) is 0.891. The van der Waals surface area contributed by atoms with E-state index in [-0.39, 0.29) is 0 Å². The zero-order chi connectivity index (χ0) is 6.69. The molecule has 0 aliphatic carbocycles. The van der Waals surface area contributed by atoms with Crippen LogP contribution in [0.5, 0.6) is 0 Å². The van der Waals surface area contributed by atoms with Gasteiger partial charge in [-0.25, -0.2) is 5.01 Å². The minimum absolute atomic E-state index is 1.14. The summed E-state index contributed by atoms with van der Waals surface area (Å²) in [5, 5.41) is 2.22. The molecule has 0 radical (unpaired) electrons. The largest absolute Gasteiger partial charge is 0.304 e. The van der Waals surface area contributed by atoms with E-state index in [1.807, 2.05) is 0 Å². The molecule has 54 valence electrons. The highest BCUT2D eigenvalue weighted by Crippen LogP contribution is 1.95. The average molecular weight is 241 g/mol. The minimum atomic E-state index is 1.14.